The van der Waals surface area contributed by atoms with E-state index in [0.717, 1.165) is 30.4 Å². The zero-order valence-corrected chi connectivity index (χ0v) is 12.3. The van der Waals surface area contributed by atoms with Crippen molar-refractivity contribution in [2.45, 2.75) is 46.1 Å². The summed E-state index contributed by atoms with van der Waals surface area (Å²) in [5.74, 6) is 0.656. The maximum Gasteiger partial charge on any atom is 0.272 e. The number of nitro benzene ring substituents is 1. The number of nitrogens with zero attached hydrogens (tertiary/aromatic N) is 1. The second-order valence-corrected chi connectivity index (χ2v) is 5.47. The van der Waals surface area contributed by atoms with Crippen LogP contribution in [-0.4, -0.2) is 18.0 Å². The van der Waals surface area contributed by atoms with Crippen LogP contribution in [0.25, 0.3) is 0 Å². The Morgan fingerprint density at radius 2 is 2.05 bits per heavy atom. The zero-order chi connectivity index (χ0) is 14.4. The van der Waals surface area contributed by atoms with Crippen LogP contribution in [0, 0.1) is 23.0 Å². The Kier molecular flexibility index (Phi) is 5.96. The molecule has 4 heteroatoms. The van der Waals surface area contributed by atoms with Crippen molar-refractivity contribution < 1.29 is 4.92 Å². The molecule has 19 heavy (non-hydrogen) atoms. The molecular formula is C15H24N2O2. The van der Waals surface area contributed by atoms with Crippen LogP contribution in [-0.2, 0) is 6.42 Å². The van der Waals surface area contributed by atoms with Crippen molar-refractivity contribution in [3.05, 3.63) is 39.4 Å². The van der Waals surface area contributed by atoms with Crippen molar-refractivity contribution >= 4 is 5.69 Å². The largest absolute Gasteiger partial charge is 0.317 e. The molecule has 0 amide bonds. The van der Waals surface area contributed by atoms with Crippen molar-refractivity contribution in [1.29, 1.82) is 0 Å². The Hall–Kier alpha value is -1.42. The fourth-order valence-electron chi connectivity index (χ4n) is 2.42. The van der Waals surface area contributed by atoms with E-state index in [0.29, 0.717) is 12.0 Å². The third kappa shape index (κ3) is 4.63. The van der Waals surface area contributed by atoms with Crippen molar-refractivity contribution in [3.8, 4) is 0 Å². The molecule has 1 rings (SSSR count). The van der Waals surface area contributed by atoms with Crippen molar-refractivity contribution in [3.63, 3.8) is 0 Å². The SMILES string of the molecule is CNC(CCc1cccc([N+](=O)[O-])c1C)CC(C)C. The Morgan fingerprint density at radius 3 is 2.58 bits per heavy atom. The predicted molar refractivity (Wildman–Crippen MR) is 78.5 cm³/mol. The van der Waals surface area contributed by atoms with E-state index < -0.39 is 0 Å². The summed E-state index contributed by atoms with van der Waals surface area (Å²) in [6.45, 7) is 6.26. The lowest BCUT2D eigenvalue weighted by atomic mass is 9.95. The molecule has 1 atom stereocenters. The molecule has 0 spiro atoms. The van der Waals surface area contributed by atoms with Crippen LogP contribution in [0.2, 0.25) is 0 Å². The van der Waals surface area contributed by atoms with E-state index in [1.54, 1.807) is 12.1 Å². The quantitative estimate of drug-likeness (QED) is 0.606. The fraction of sp³-hybridized carbons (Fsp3) is 0.600. The molecule has 0 radical (unpaired) electrons. The maximum absolute atomic E-state index is 10.9. The number of benzene rings is 1. The fourth-order valence-corrected chi connectivity index (χ4v) is 2.42. The van der Waals surface area contributed by atoms with Crippen LogP contribution < -0.4 is 5.32 Å². The molecule has 0 heterocycles. The number of nitrogens with one attached hydrogen (secondary N) is 1. The second-order valence-electron chi connectivity index (χ2n) is 5.47. The van der Waals surface area contributed by atoms with Gasteiger partial charge in [-0.3, -0.25) is 10.1 Å². The maximum atomic E-state index is 10.9. The van der Waals surface area contributed by atoms with Gasteiger partial charge in [-0.25, -0.2) is 0 Å². The number of hydrogen-bond donors (Lipinski definition) is 1. The highest BCUT2D eigenvalue weighted by atomic mass is 16.6. The van der Waals surface area contributed by atoms with Gasteiger partial charge in [0.1, 0.15) is 0 Å². The third-order valence-electron chi connectivity index (χ3n) is 3.54. The Balaban J connectivity index is 2.72. The molecule has 1 unspecified atom stereocenters. The standard InChI is InChI=1S/C15H24N2O2/c1-11(2)10-14(16-4)9-8-13-6-5-7-15(12(13)3)17(18)19/h5-7,11,14,16H,8-10H2,1-4H3. The zero-order valence-electron chi connectivity index (χ0n) is 12.3. The Morgan fingerprint density at radius 1 is 1.37 bits per heavy atom. The number of nitro groups is 1. The van der Waals surface area contributed by atoms with Crippen molar-refractivity contribution in [2.24, 2.45) is 5.92 Å². The number of rotatable bonds is 7. The van der Waals surface area contributed by atoms with Gasteiger partial charge in [-0.1, -0.05) is 26.0 Å². The first kappa shape index (κ1) is 15.6. The summed E-state index contributed by atoms with van der Waals surface area (Å²) in [6.07, 6.45) is 3.02. The molecule has 0 aliphatic carbocycles. The third-order valence-corrected chi connectivity index (χ3v) is 3.54. The first-order valence-corrected chi connectivity index (χ1v) is 6.85. The minimum Gasteiger partial charge on any atom is -0.317 e. The van der Waals surface area contributed by atoms with Crippen LogP contribution in [0.3, 0.4) is 0 Å². The van der Waals surface area contributed by atoms with Crippen molar-refractivity contribution in [1.82, 2.24) is 5.32 Å². The van der Waals surface area contributed by atoms with Gasteiger partial charge >= 0.3 is 0 Å². The van der Waals surface area contributed by atoms with Gasteiger partial charge < -0.3 is 5.32 Å². The van der Waals surface area contributed by atoms with Crippen LogP contribution in [0.15, 0.2) is 18.2 Å². The molecule has 0 saturated carbocycles. The molecule has 0 aliphatic heterocycles. The van der Waals surface area contributed by atoms with E-state index in [4.69, 9.17) is 0 Å². The van der Waals surface area contributed by atoms with E-state index in [1.165, 1.54) is 0 Å². The molecule has 1 aromatic rings. The number of aryl methyl sites for hydroxylation is 1. The lowest BCUT2D eigenvalue weighted by Gasteiger charge is -2.18. The summed E-state index contributed by atoms with van der Waals surface area (Å²) in [5.41, 5.74) is 2.10. The highest BCUT2D eigenvalue weighted by Gasteiger charge is 2.14. The summed E-state index contributed by atoms with van der Waals surface area (Å²) in [4.78, 5) is 10.6. The van der Waals surface area contributed by atoms with Gasteiger partial charge in [0.05, 0.1) is 4.92 Å². The van der Waals surface area contributed by atoms with Gasteiger partial charge in [-0.2, -0.15) is 0 Å². The highest BCUT2D eigenvalue weighted by molar-refractivity contribution is 5.44. The van der Waals surface area contributed by atoms with Gasteiger partial charge in [-0.15, -0.1) is 0 Å². The van der Waals surface area contributed by atoms with Gasteiger partial charge in [0.25, 0.3) is 5.69 Å². The Bertz CT molecular complexity index is 430. The van der Waals surface area contributed by atoms with Gasteiger partial charge in [0.2, 0.25) is 0 Å². The van der Waals surface area contributed by atoms with Crippen LogP contribution in [0.1, 0.15) is 37.8 Å². The lowest BCUT2D eigenvalue weighted by Crippen LogP contribution is -2.27. The molecule has 0 fully saturated rings. The first-order valence-electron chi connectivity index (χ1n) is 6.85. The van der Waals surface area contributed by atoms with E-state index in [1.807, 2.05) is 20.0 Å². The normalized spacial score (nSPS) is 12.7. The summed E-state index contributed by atoms with van der Waals surface area (Å²) in [7, 11) is 1.98. The summed E-state index contributed by atoms with van der Waals surface area (Å²) >= 11 is 0. The molecule has 1 N–H and O–H groups in total. The van der Waals surface area contributed by atoms with Gasteiger partial charge in [-0.05, 0) is 44.7 Å². The van der Waals surface area contributed by atoms with E-state index in [-0.39, 0.29) is 10.6 Å². The summed E-state index contributed by atoms with van der Waals surface area (Å²) < 4.78 is 0. The highest BCUT2D eigenvalue weighted by Crippen LogP contribution is 2.23. The lowest BCUT2D eigenvalue weighted by molar-refractivity contribution is -0.385. The molecule has 0 saturated heterocycles. The molecule has 0 aromatic heterocycles. The summed E-state index contributed by atoms with van der Waals surface area (Å²) in [5, 5.41) is 14.2. The second kappa shape index (κ2) is 7.24. The van der Waals surface area contributed by atoms with Gasteiger partial charge in [0, 0.05) is 17.7 Å². The van der Waals surface area contributed by atoms with Crippen LogP contribution in [0.4, 0.5) is 5.69 Å². The average molecular weight is 264 g/mol. The smallest absolute Gasteiger partial charge is 0.272 e. The van der Waals surface area contributed by atoms with Crippen LogP contribution in [0.5, 0.6) is 0 Å². The number of hydrogen-bond acceptors (Lipinski definition) is 3. The summed E-state index contributed by atoms with van der Waals surface area (Å²) in [6, 6.07) is 5.81. The minimum absolute atomic E-state index is 0.224. The predicted octanol–water partition coefficient (Wildman–Crippen LogP) is 3.47. The average Bonchev–Trinajstić information content (AvgIpc) is 2.35. The van der Waals surface area contributed by atoms with Crippen LogP contribution >= 0.6 is 0 Å². The van der Waals surface area contributed by atoms with Crippen molar-refractivity contribution in [2.75, 3.05) is 7.05 Å². The molecule has 106 valence electrons. The monoisotopic (exact) mass is 264 g/mol. The topological polar surface area (TPSA) is 55.2 Å². The molecule has 0 bridgehead atoms. The van der Waals surface area contributed by atoms with Gasteiger partial charge in [0.15, 0.2) is 0 Å². The minimum atomic E-state index is -0.303. The molecule has 4 nitrogen and oxygen atoms in total. The van der Waals surface area contributed by atoms with E-state index >= 15 is 0 Å². The molecular weight excluding hydrogens is 240 g/mol. The van der Waals surface area contributed by atoms with E-state index in [9.17, 15) is 10.1 Å². The first-order chi connectivity index (χ1) is 8.95. The van der Waals surface area contributed by atoms with E-state index in [2.05, 4.69) is 19.2 Å². The molecule has 0 aliphatic rings. The molecule has 1 aromatic carbocycles. The Labute approximate surface area is 115 Å².